The lowest BCUT2D eigenvalue weighted by Gasteiger charge is -2.23. The molecule has 0 fully saturated rings. The Bertz CT molecular complexity index is 934. The van der Waals surface area contributed by atoms with Gasteiger partial charge in [0.1, 0.15) is 0 Å². The second-order valence-electron chi connectivity index (χ2n) is 6.34. The number of fused-ring (bicyclic) bond motifs is 1. The van der Waals surface area contributed by atoms with Crippen LogP contribution in [0.4, 0.5) is 5.69 Å². The van der Waals surface area contributed by atoms with Crippen LogP contribution in [0, 0.1) is 19.8 Å². The maximum absolute atomic E-state index is 12.7. The molecule has 0 unspecified atom stereocenters. The van der Waals surface area contributed by atoms with Crippen LogP contribution in [0.15, 0.2) is 30.3 Å². The number of aromatic nitrogens is 4. The van der Waals surface area contributed by atoms with Crippen LogP contribution in [0.2, 0.25) is 5.02 Å². The van der Waals surface area contributed by atoms with Crippen molar-refractivity contribution in [2.24, 2.45) is 5.92 Å². The normalized spacial score (nSPS) is 11.3. The van der Waals surface area contributed by atoms with E-state index in [9.17, 15) is 4.79 Å². The van der Waals surface area contributed by atoms with E-state index in [-0.39, 0.29) is 18.4 Å². The summed E-state index contributed by atoms with van der Waals surface area (Å²) in [5, 5.41) is 5.08. The molecule has 0 N–H and O–H groups in total. The number of nitrogens with zero attached hydrogens (tertiary/aromatic N) is 5. The molecule has 0 bridgehead atoms. The highest BCUT2D eigenvalue weighted by Gasteiger charge is 2.22. The van der Waals surface area contributed by atoms with Gasteiger partial charge in [0.05, 0.1) is 6.54 Å². The van der Waals surface area contributed by atoms with Gasteiger partial charge in [-0.2, -0.15) is 4.98 Å². The summed E-state index contributed by atoms with van der Waals surface area (Å²) in [6.45, 7) is 7.87. The molecular weight excluding hydrogens is 338 g/mol. The predicted molar refractivity (Wildman–Crippen MR) is 97.7 cm³/mol. The smallest absolute Gasteiger partial charge is 0.252 e. The first-order chi connectivity index (χ1) is 11.8. The number of rotatable bonds is 4. The minimum absolute atomic E-state index is 0.0121. The van der Waals surface area contributed by atoms with E-state index in [1.165, 1.54) is 0 Å². The molecule has 2 aromatic heterocycles. The molecule has 0 radical (unpaired) electrons. The van der Waals surface area contributed by atoms with Gasteiger partial charge in [-0.15, -0.1) is 5.10 Å². The average Bonchev–Trinajstić information content (AvgIpc) is 2.94. The number of carbonyl (C=O) groups is 1. The lowest BCUT2D eigenvalue weighted by Crippen LogP contribution is -2.34. The third kappa shape index (κ3) is 3.64. The van der Waals surface area contributed by atoms with E-state index in [0.717, 1.165) is 17.1 Å². The van der Waals surface area contributed by atoms with Crippen molar-refractivity contribution in [1.82, 2.24) is 19.6 Å². The summed E-state index contributed by atoms with van der Waals surface area (Å²) in [6.07, 6.45) is 0. The number of aryl methyl sites for hydroxylation is 2. The number of anilines is 1. The molecule has 2 heterocycles. The minimum atomic E-state index is -0.155. The van der Waals surface area contributed by atoms with Gasteiger partial charge in [0, 0.05) is 28.0 Å². The first-order valence-corrected chi connectivity index (χ1v) is 8.50. The zero-order valence-electron chi connectivity index (χ0n) is 14.7. The lowest BCUT2D eigenvalue weighted by molar-refractivity contribution is -0.121. The number of halogens is 1. The van der Waals surface area contributed by atoms with Gasteiger partial charge in [-0.3, -0.25) is 4.79 Å². The third-order valence-corrected chi connectivity index (χ3v) is 4.08. The fourth-order valence-electron chi connectivity index (χ4n) is 2.67. The highest BCUT2D eigenvalue weighted by Crippen LogP contribution is 2.23. The van der Waals surface area contributed by atoms with Gasteiger partial charge >= 0.3 is 0 Å². The van der Waals surface area contributed by atoms with Gasteiger partial charge < -0.3 is 4.90 Å². The summed E-state index contributed by atoms with van der Waals surface area (Å²) >= 11 is 6.10. The van der Waals surface area contributed by atoms with E-state index in [2.05, 4.69) is 15.1 Å². The van der Waals surface area contributed by atoms with Crippen molar-refractivity contribution < 1.29 is 4.79 Å². The Kier molecular flexibility index (Phi) is 4.72. The topological polar surface area (TPSA) is 63.4 Å². The van der Waals surface area contributed by atoms with E-state index in [0.29, 0.717) is 16.6 Å². The standard InChI is InChI=1S/C18H20ClN5O/c1-11(2)17(25)23(15-7-5-6-14(19)9-15)10-16-21-18-20-12(3)8-13(4)24(18)22-16/h5-9,11H,10H2,1-4H3. The van der Waals surface area contributed by atoms with E-state index in [1.807, 2.05) is 45.9 Å². The Morgan fingerprint density at radius 1 is 1.24 bits per heavy atom. The van der Waals surface area contributed by atoms with Gasteiger partial charge in [-0.05, 0) is 38.1 Å². The van der Waals surface area contributed by atoms with E-state index in [1.54, 1.807) is 21.5 Å². The zero-order valence-corrected chi connectivity index (χ0v) is 15.4. The van der Waals surface area contributed by atoms with E-state index >= 15 is 0 Å². The van der Waals surface area contributed by atoms with Gasteiger partial charge in [0.15, 0.2) is 5.82 Å². The van der Waals surface area contributed by atoms with Crippen molar-refractivity contribution >= 4 is 29.0 Å². The van der Waals surface area contributed by atoms with Crippen LogP contribution in [0.3, 0.4) is 0 Å². The van der Waals surface area contributed by atoms with Crippen molar-refractivity contribution in [2.75, 3.05) is 4.90 Å². The Balaban J connectivity index is 2.00. The molecule has 130 valence electrons. The maximum Gasteiger partial charge on any atom is 0.252 e. The average molecular weight is 358 g/mol. The highest BCUT2D eigenvalue weighted by atomic mass is 35.5. The van der Waals surface area contributed by atoms with E-state index < -0.39 is 0 Å². The Hall–Kier alpha value is -2.47. The first-order valence-electron chi connectivity index (χ1n) is 8.12. The summed E-state index contributed by atoms with van der Waals surface area (Å²) in [7, 11) is 0. The molecule has 0 atom stereocenters. The summed E-state index contributed by atoms with van der Waals surface area (Å²) in [6, 6.07) is 9.17. The third-order valence-electron chi connectivity index (χ3n) is 3.84. The van der Waals surface area contributed by atoms with E-state index in [4.69, 9.17) is 11.6 Å². The fourth-order valence-corrected chi connectivity index (χ4v) is 2.85. The number of hydrogen-bond acceptors (Lipinski definition) is 4. The molecule has 1 aromatic carbocycles. The molecule has 0 spiro atoms. The SMILES string of the molecule is Cc1cc(C)n2nc(CN(C(=O)C(C)C)c3cccc(Cl)c3)nc2n1. The van der Waals surface area contributed by atoms with Crippen LogP contribution in [-0.2, 0) is 11.3 Å². The number of hydrogen-bond donors (Lipinski definition) is 0. The predicted octanol–water partition coefficient (Wildman–Crippen LogP) is 3.58. The maximum atomic E-state index is 12.7. The number of benzene rings is 1. The lowest BCUT2D eigenvalue weighted by atomic mass is 10.1. The molecule has 0 aliphatic carbocycles. The summed E-state index contributed by atoms with van der Waals surface area (Å²) in [4.78, 5) is 23.2. The molecule has 25 heavy (non-hydrogen) atoms. The zero-order chi connectivity index (χ0) is 18.1. The first kappa shape index (κ1) is 17.4. The molecule has 0 aliphatic rings. The number of carbonyl (C=O) groups excluding carboxylic acids is 1. The van der Waals surface area contributed by atoms with Gasteiger partial charge in [-0.1, -0.05) is 31.5 Å². The molecule has 0 aliphatic heterocycles. The molecule has 1 amide bonds. The van der Waals surface area contributed by atoms with Crippen LogP contribution in [-0.4, -0.2) is 25.5 Å². The molecule has 3 rings (SSSR count). The van der Waals surface area contributed by atoms with Crippen LogP contribution in [0.1, 0.15) is 31.1 Å². The monoisotopic (exact) mass is 357 g/mol. The molecular formula is C18H20ClN5O. The van der Waals surface area contributed by atoms with Crippen LogP contribution < -0.4 is 4.90 Å². The largest absolute Gasteiger partial charge is 0.304 e. The van der Waals surface area contributed by atoms with Crippen LogP contribution in [0.25, 0.3) is 5.78 Å². The van der Waals surface area contributed by atoms with Crippen molar-refractivity contribution in [2.45, 2.75) is 34.2 Å². The Labute approximate surface area is 151 Å². The molecule has 7 heteroatoms. The molecule has 0 saturated heterocycles. The Morgan fingerprint density at radius 3 is 2.68 bits per heavy atom. The fraction of sp³-hybridized carbons (Fsp3) is 0.333. The highest BCUT2D eigenvalue weighted by molar-refractivity contribution is 6.30. The van der Waals surface area contributed by atoms with Gasteiger partial charge in [-0.25, -0.2) is 9.50 Å². The molecule has 3 aromatic rings. The van der Waals surface area contributed by atoms with Crippen molar-refractivity contribution in [3.63, 3.8) is 0 Å². The van der Waals surface area contributed by atoms with Crippen molar-refractivity contribution in [3.05, 3.63) is 52.6 Å². The second-order valence-corrected chi connectivity index (χ2v) is 6.77. The van der Waals surface area contributed by atoms with Gasteiger partial charge in [0.2, 0.25) is 5.91 Å². The Morgan fingerprint density at radius 2 is 2.00 bits per heavy atom. The minimum Gasteiger partial charge on any atom is -0.304 e. The molecule has 0 saturated carbocycles. The second kappa shape index (κ2) is 6.80. The summed E-state index contributed by atoms with van der Waals surface area (Å²) < 4.78 is 1.69. The molecule has 6 nitrogen and oxygen atoms in total. The summed E-state index contributed by atoms with van der Waals surface area (Å²) in [5.41, 5.74) is 2.56. The number of amides is 1. The van der Waals surface area contributed by atoms with Crippen LogP contribution in [0.5, 0.6) is 0 Å². The quantitative estimate of drug-likeness (QED) is 0.715. The summed E-state index contributed by atoms with van der Waals surface area (Å²) in [5.74, 6) is 0.908. The van der Waals surface area contributed by atoms with Crippen molar-refractivity contribution in [1.29, 1.82) is 0 Å². The van der Waals surface area contributed by atoms with Crippen molar-refractivity contribution in [3.8, 4) is 0 Å². The van der Waals surface area contributed by atoms with Crippen LogP contribution >= 0.6 is 11.6 Å². The van der Waals surface area contributed by atoms with Gasteiger partial charge in [0.25, 0.3) is 5.78 Å².